The normalized spacial score (nSPS) is 53.2. The molecule has 0 aromatic carbocycles. The molecule has 64 heavy (non-hydrogen) atoms. The molecule has 0 aromatic rings. The standard InChI is InChI=1S/C45H74O19/c1-18(17-58-41-38(56)35(53)32(50)28(14-46)61-41)5-8-25-19(2)31-27(59-25)12-23-21-7-6-20-11-26(24(49)13-45(20,4)22(21)9-10-44(23,31)3)60-43-40(37(55)34(52)30(16-48)63-43)64-42-39(57)36(54)33(51)29(15-47)62-42/h18,20-24,26-43,46-57H,5-17H2,1-4H3/t18-,20+,21+,22-,23-,24-,26+,27-,28+,29+,30+,31-,32+,33+,34-,35-,36-,37-,38+,39+,40+,41+,42-,43+,44-,45-/m0/s1. The Morgan fingerprint density at radius 3 is 1.89 bits per heavy atom. The van der Waals surface area contributed by atoms with E-state index in [1.807, 2.05) is 6.92 Å². The van der Waals surface area contributed by atoms with Crippen molar-refractivity contribution in [1.29, 1.82) is 0 Å². The van der Waals surface area contributed by atoms with Gasteiger partial charge < -0.3 is 94.4 Å². The summed E-state index contributed by atoms with van der Waals surface area (Å²) in [5.74, 6) is 2.88. The van der Waals surface area contributed by atoms with Crippen molar-refractivity contribution in [2.45, 2.75) is 196 Å². The second-order valence-electron chi connectivity index (χ2n) is 21.0. The second kappa shape index (κ2) is 19.3. The maximum absolute atomic E-state index is 11.9. The van der Waals surface area contributed by atoms with Gasteiger partial charge in [-0.1, -0.05) is 20.8 Å². The maximum atomic E-state index is 11.9. The number of aliphatic hydroxyl groups is 12. The van der Waals surface area contributed by atoms with Crippen molar-refractivity contribution in [1.82, 2.24) is 0 Å². The average molecular weight is 919 g/mol. The van der Waals surface area contributed by atoms with E-state index in [0.29, 0.717) is 36.5 Å². The van der Waals surface area contributed by atoms with Crippen LogP contribution in [0.4, 0.5) is 0 Å². The van der Waals surface area contributed by atoms with Crippen LogP contribution in [0, 0.1) is 46.3 Å². The summed E-state index contributed by atoms with van der Waals surface area (Å²) in [6.07, 6.45) is -16.4. The molecule has 4 aliphatic carbocycles. The number of rotatable bonds is 13. The number of allylic oxidation sites excluding steroid dienone is 1. The lowest BCUT2D eigenvalue weighted by Gasteiger charge is -2.61. The fraction of sp³-hybridized carbons (Fsp3) is 0.956. The van der Waals surface area contributed by atoms with Crippen LogP contribution < -0.4 is 0 Å². The minimum atomic E-state index is -1.79. The number of hydrogen-bond acceptors (Lipinski definition) is 19. The predicted molar refractivity (Wildman–Crippen MR) is 219 cm³/mol. The largest absolute Gasteiger partial charge is 0.494 e. The van der Waals surface area contributed by atoms with E-state index in [4.69, 9.17) is 33.2 Å². The minimum absolute atomic E-state index is 0.0561. The quantitative estimate of drug-likeness (QED) is 0.0902. The van der Waals surface area contributed by atoms with Crippen molar-refractivity contribution in [3.63, 3.8) is 0 Å². The molecule has 0 amide bonds. The van der Waals surface area contributed by atoms with Crippen molar-refractivity contribution in [2.75, 3.05) is 26.4 Å². The molecular formula is C45H74O19. The van der Waals surface area contributed by atoms with E-state index in [0.717, 1.165) is 50.7 Å². The molecule has 26 atom stereocenters. The van der Waals surface area contributed by atoms with Crippen molar-refractivity contribution < 1.29 is 94.4 Å². The highest BCUT2D eigenvalue weighted by Gasteiger charge is 2.65. The topological polar surface area (TPSA) is 307 Å². The summed E-state index contributed by atoms with van der Waals surface area (Å²) in [7, 11) is 0. The SMILES string of the molecule is CC1=C(CC[C@H](C)CO[C@@H]2O[C@H](CO)[C@@H](O)[C@H](O)[C@H]2O)O[C@H]2C[C@H]3[C@@H]4CC[C@@H]5C[C@@H](O[C@@H]6O[C@H](CO)[C@H](O)[C@H](O)[C@H]6O[C@@H]6O[C@H](CO)[C@@H](O)[C@H](O)[C@H]6O)[C@@H](O)C[C@]5(C)[C@H]4CC[C@]3(C)[C@@H]12. The Balaban J connectivity index is 0.888. The lowest BCUT2D eigenvalue weighted by molar-refractivity contribution is -0.376. The van der Waals surface area contributed by atoms with Gasteiger partial charge in [0.2, 0.25) is 0 Å². The summed E-state index contributed by atoms with van der Waals surface area (Å²) in [6.45, 7) is 7.37. The van der Waals surface area contributed by atoms with Crippen LogP contribution in [0.2, 0.25) is 0 Å². The summed E-state index contributed by atoms with van der Waals surface area (Å²) in [6, 6.07) is 0. The molecule has 19 heteroatoms. The Morgan fingerprint density at radius 2 is 1.25 bits per heavy atom. The van der Waals surface area contributed by atoms with Gasteiger partial charge in [-0.15, -0.1) is 0 Å². The van der Waals surface area contributed by atoms with E-state index >= 15 is 0 Å². The van der Waals surface area contributed by atoms with Gasteiger partial charge in [-0.3, -0.25) is 0 Å². The minimum Gasteiger partial charge on any atom is -0.494 e. The third-order valence-corrected chi connectivity index (χ3v) is 17.4. The Morgan fingerprint density at radius 1 is 0.656 bits per heavy atom. The lowest BCUT2D eigenvalue weighted by Crippen LogP contribution is -2.65. The number of aliphatic hydroxyl groups excluding tert-OH is 12. The highest BCUT2D eigenvalue weighted by atomic mass is 16.8. The van der Waals surface area contributed by atoms with E-state index in [2.05, 4.69) is 20.8 Å². The summed E-state index contributed by atoms with van der Waals surface area (Å²) in [4.78, 5) is 0. The summed E-state index contributed by atoms with van der Waals surface area (Å²) in [5.41, 5.74) is 1.18. The van der Waals surface area contributed by atoms with Crippen LogP contribution in [0.3, 0.4) is 0 Å². The van der Waals surface area contributed by atoms with Crippen molar-refractivity contribution in [3.05, 3.63) is 11.3 Å². The van der Waals surface area contributed by atoms with Crippen molar-refractivity contribution >= 4 is 0 Å². The monoisotopic (exact) mass is 918 g/mol. The first-order valence-electron chi connectivity index (χ1n) is 23.6. The van der Waals surface area contributed by atoms with Crippen LogP contribution in [0.25, 0.3) is 0 Å². The fourth-order valence-corrected chi connectivity index (χ4v) is 13.7. The number of hydrogen-bond donors (Lipinski definition) is 12. The molecule has 368 valence electrons. The Hall–Kier alpha value is -1.18. The van der Waals surface area contributed by atoms with Crippen molar-refractivity contribution in [2.24, 2.45) is 46.3 Å². The molecule has 7 fully saturated rings. The first kappa shape index (κ1) is 49.2. The molecule has 3 saturated heterocycles. The third kappa shape index (κ3) is 8.63. The first-order chi connectivity index (χ1) is 30.4. The Labute approximate surface area is 373 Å². The van der Waals surface area contributed by atoms with E-state index < -0.39 is 124 Å². The highest BCUT2D eigenvalue weighted by Crippen LogP contribution is 2.70. The molecule has 0 bridgehead atoms. The highest BCUT2D eigenvalue weighted by molar-refractivity contribution is 5.27. The van der Waals surface area contributed by atoms with Crippen LogP contribution in [-0.2, 0) is 33.2 Å². The van der Waals surface area contributed by atoms with Gasteiger partial charge in [-0.05, 0) is 104 Å². The van der Waals surface area contributed by atoms with Gasteiger partial charge in [0.25, 0.3) is 0 Å². The molecule has 8 aliphatic rings. The molecule has 0 spiro atoms. The summed E-state index contributed by atoms with van der Waals surface area (Å²) in [5, 5.41) is 125. The van der Waals surface area contributed by atoms with E-state index in [1.165, 1.54) is 5.57 Å². The molecule has 4 saturated carbocycles. The predicted octanol–water partition coefficient (Wildman–Crippen LogP) is -1.86. The summed E-state index contributed by atoms with van der Waals surface area (Å²) >= 11 is 0. The molecule has 0 aromatic heterocycles. The first-order valence-corrected chi connectivity index (χ1v) is 23.6. The van der Waals surface area contributed by atoms with E-state index in [1.54, 1.807) is 0 Å². The van der Waals surface area contributed by atoms with Gasteiger partial charge in [0.05, 0.1) is 44.4 Å². The summed E-state index contributed by atoms with van der Waals surface area (Å²) < 4.78 is 41.9. The van der Waals surface area contributed by atoms with Gasteiger partial charge in [0.1, 0.15) is 79.4 Å². The zero-order valence-corrected chi connectivity index (χ0v) is 37.3. The fourth-order valence-electron chi connectivity index (χ4n) is 13.7. The Kier molecular flexibility index (Phi) is 14.9. The van der Waals surface area contributed by atoms with Gasteiger partial charge in [0, 0.05) is 12.3 Å². The zero-order valence-electron chi connectivity index (χ0n) is 37.3. The van der Waals surface area contributed by atoms with Gasteiger partial charge in [-0.25, -0.2) is 0 Å². The molecule has 0 radical (unpaired) electrons. The average Bonchev–Trinajstić information content (AvgIpc) is 3.76. The van der Waals surface area contributed by atoms with Crippen LogP contribution in [0.1, 0.15) is 85.5 Å². The number of fused-ring (bicyclic) bond motifs is 7. The van der Waals surface area contributed by atoms with Crippen LogP contribution in [-0.4, -0.2) is 198 Å². The van der Waals surface area contributed by atoms with Crippen LogP contribution in [0.5, 0.6) is 0 Å². The van der Waals surface area contributed by atoms with Crippen LogP contribution >= 0.6 is 0 Å². The molecule has 8 rings (SSSR count). The molecule has 0 unspecified atom stereocenters. The van der Waals surface area contributed by atoms with E-state index in [9.17, 15) is 61.3 Å². The van der Waals surface area contributed by atoms with Gasteiger partial charge >= 0.3 is 0 Å². The van der Waals surface area contributed by atoms with Crippen molar-refractivity contribution in [3.8, 4) is 0 Å². The van der Waals surface area contributed by atoms with Crippen LogP contribution in [0.15, 0.2) is 11.3 Å². The second-order valence-corrected chi connectivity index (χ2v) is 21.0. The van der Waals surface area contributed by atoms with Gasteiger partial charge in [-0.2, -0.15) is 0 Å². The van der Waals surface area contributed by atoms with Gasteiger partial charge in [0.15, 0.2) is 18.9 Å². The molecular weight excluding hydrogens is 844 g/mol. The smallest absolute Gasteiger partial charge is 0.187 e. The molecule has 19 nitrogen and oxygen atoms in total. The maximum Gasteiger partial charge on any atom is 0.187 e. The van der Waals surface area contributed by atoms with E-state index in [-0.39, 0.29) is 35.4 Å². The lowest BCUT2D eigenvalue weighted by atomic mass is 9.44. The molecule has 4 aliphatic heterocycles. The zero-order chi connectivity index (χ0) is 46.2. The molecule has 4 heterocycles. The Bertz CT molecular complexity index is 1620. The number of ether oxygens (including phenoxy) is 7. The molecule has 12 N–H and O–H groups in total. The third-order valence-electron chi connectivity index (χ3n) is 17.4.